The van der Waals surface area contributed by atoms with Crippen LogP contribution >= 0.6 is 7.82 Å². The Bertz CT molecular complexity index is 1380. The normalized spacial score (nSPS) is 12.3. The average molecular weight is 859 g/mol. The van der Waals surface area contributed by atoms with Crippen molar-refractivity contribution in [2.45, 2.75) is 213 Å². The molecule has 10 heteroatoms. The number of nitrogens with zero attached hydrogens (tertiary/aromatic N) is 1. The number of phosphoric ester groups is 1. The Labute approximate surface area is 368 Å². The maximum Gasteiger partial charge on any atom is 0.472 e. The number of carbonyl (C=O) groups excluding carboxylic acids is 2. The van der Waals surface area contributed by atoms with E-state index in [-0.39, 0.29) is 26.1 Å². The lowest BCUT2D eigenvalue weighted by Crippen LogP contribution is -2.37. The minimum absolute atomic E-state index is 0.0147. The van der Waals surface area contributed by atoms with Crippen LogP contribution in [-0.4, -0.2) is 74.9 Å². The Hall–Kier alpha value is -2.75. The van der Waals surface area contributed by atoms with Crippen molar-refractivity contribution < 1.29 is 42.1 Å². The lowest BCUT2D eigenvalue weighted by atomic mass is 10.1. The summed E-state index contributed by atoms with van der Waals surface area (Å²) in [5, 5.41) is 0. The van der Waals surface area contributed by atoms with Crippen LogP contribution in [0.4, 0.5) is 0 Å². The quantitative estimate of drug-likeness (QED) is 0.0215. The van der Waals surface area contributed by atoms with Crippen LogP contribution in [0.1, 0.15) is 206 Å². The van der Waals surface area contributed by atoms with Crippen LogP contribution < -0.4 is 0 Å². The van der Waals surface area contributed by atoms with Crippen molar-refractivity contribution in [1.29, 1.82) is 0 Å². The van der Waals surface area contributed by atoms with Crippen molar-refractivity contribution in [2.24, 2.45) is 0 Å². The molecule has 60 heavy (non-hydrogen) atoms. The van der Waals surface area contributed by atoms with Gasteiger partial charge in [-0.1, -0.05) is 153 Å². The highest BCUT2D eigenvalue weighted by atomic mass is 31.2. The summed E-state index contributed by atoms with van der Waals surface area (Å²) in [6.45, 7) is 4.29. The van der Waals surface area contributed by atoms with Crippen LogP contribution in [0.3, 0.4) is 0 Å². The number of rotatable bonds is 38. The van der Waals surface area contributed by atoms with Crippen molar-refractivity contribution in [3.63, 3.8) is 0 Å². The largest absolute Gasteiger partial charge is 0.472 e. The predicted octanol–water partition coefficient (Wildman–Crippen LogP) is 12.0. The van der Waals surface area contributed by atoms with Gasteiger partial charge in [0.1, 0.15) is 19.8 Å². The first-order valence-electron chi connectivity index (χ1n) is 23.7. The molecule has 0 rings (SSSR count). The molecule has 0 aromatic carbocycles. The summed E-state index contributed by atoms with van der Waals surface area (Å²) in [5.74, 6) is 23.7. The highest BCUT2D eigenvalue weighted by Crippen LogP contribution is 2.43. The van der Waals surface area contributed by atoms with Gasteiger partial charge in [0.15, 0.2) is 6.10 Å². The lowest BCUT2D eigenvalue weighted by molar-refractivity contribution is -0.870. The second kappa shape index (κ2) is 41.6. The van der Waals surface area contributed by atoms with E-state index >= 15 is 0 Å². The Morgan fingerprint density at radius 3 is 1.28 bits per heavy atom. The lowest BCUT2D eigenvalue weighted by Gasteiger charge is -2.24. The molecule has 0 saturated heterocycles. The van der Waals surface area contributed by atoms with E-state index in [0.717, 1.165) is 96.3 Å². The van der Waals surface area contributed by atoms with Crippen molar-refractivity contribution in [3.05, 3.63) is 0 Å². The maximum atomic E-state index is 12.7. The number of carbonyl (C=O) groups is 2. The molecule has 0 spiro atoms. The van der Waals surface area contributed by atoms with Gasteiger partial charge in [0, 0.05) is 38.5 Å². The third-order valence-electron chi connectivity index (χ3n) is 9.82. The van der Waals surface area contributed by atoms with Gasteiger partial charge in [-0.15, -0.1) is 0 Å². The van der Waals surface area contributed by atoms with Crippen LogP contribution in [0, 0.1) is 47.4 Å². The smallest absolute Gasteiger partial charge is 0.462 e. The number of likely N-dealkylation sites (N-methyl/N-ethyl adjacent to an activating group) is 1. The van der Waals surface area contributed by atoms with Gasteiger partial charge < -0.3 is 18.9 Å². The number of esters is 2. The van der Waals surface area contributed by atoms with Crippen LogP contribution in [-0.2, 0) is 32.7 Å². The SMILES string of the molecule is CCCCCCCCC#CC#CCCCCCCCCC(=O)OC[C@H](COP(=O)(O)OCC[N+](C)(C)C)OC(=O)CCCCCCCCC#CC#CCCCCCCCC. The zero-order valence-corrected chi connectivity index (χ0v) is 39.7. The maximum absolute atomic E-state index is 12.7. The van der Waals surface area contributed by atoms with E-state index in [2.05, 4.69) is 61.2 Å². The minimum atomic E-state index is -4.40. The molecule has 0 aliphatic carbocycles. The highest BCUT2D eigenvalue weighted by molar-refractivity contribution is 7.47. The molecule has 0 heterocycles. The van der Waals surface area contributed by atoms with Gasteiger partial charge >= 0.3 is 19.8 Å². The van der Waals surface area contributed by atoms with Crippen LogP contribution in [0.15, 0.2) is 0 Å². The fourth-order valence-corrected chi connectivity index (χ4v) is 6.80. The molecule has 0 aliphatic heterocycles. The van der Waals surface area contributed by atoms with E-state index in [1.807, 2.05) is 21.1 Å². The van der Waals surface area contributed by atoms with E-state index in [0.29, 0.717) is 23.9 Å². The van der Waals surface area contributed by atoms with Gasteiger partial charge in [0.2, 0.25) is 0 Å². The average Bonchev–Trinajstić information content (AvgIpc) is 3.20. The molecule has 2 atom stereocenters. The molecule has 9 nitrogen and oxygen atoms in total. The minimum Gasteiger partial charge on any atom is -0.462 e. The molecule has 0 radical (unpaired) electrons. The molecule has 1 N–H and O–H groups in total. The molecule has 0 amide bonds. The molecule has 0 bridgehead atoms. The number of hydrogen-bond acceptors (Lipinski definition) is 7. The summed E-state index contributed by atoms with van der Waals surface area (Å²) in [6.07, 6.45) is 29.9. The second-order valence-electron chi connectivity index (χ2n) is 16.9. The standard InChI is InChI=1S/C50H84NO8P/c1-6-8-10-12-14-16-18-20-22-24-26-28-30-32-34-36-38-40-42-49(52)56-46-48(47-58-60(54,55)57-45-44-51(3,4)5)59-50(53)43-41-39-37-35-33-31-29-27-25-23-21-19-17-15-13-11-9-7-2/h48H,6-19,28-47H2,1-5H3/p+1/t48-/m1/s1. The molecule has 0 aliphatic rings. The predicted molar refractivity (Wildman–Crippen MR) is 246 cm³/mol. The van der Waals surface area contributed by atoms with Crippen LogP contribution in [0.5, 0.6) is 0 Å². The van der Waals surface area contributed by atoms with Gasteiger partial charge in [-0.25, -0.2) is 4.57 Å². The van der Waals surface area contributed by atoms with Crippen molar-refractivity contribution in [1.82, 2.24) is 0 Å². The molecule has 0 fully saturated rings. The molecule has 1 unspecified atom stereocenters. The van der Waals surface area contributed by atoms with Crippen molar-refractivity contribution >= 4 is 19.8 Å². The van der Waals surface area contributed by atoms with E-state index < -0.39 is 32.5 Å². The van der Waals surface area contributed by atoms with Gasteiger partial charge in [0.05, 0.1) is 27.7 Å². The third kappa shape index (κ3) is 44.8. The van der Waals surface area contributed by atoms with E-state index in [4.69, 9.17) is 18.5 Å². The number of unbranched alkanes of at least 4 members (excludes halogenated alkanes) is 24. The molecule has 0 aromatic heterocycles. The van der Waals surface area contributed by atoms with Gasteiger partial charge in [-0.2, -0.15) is 0 Å². The van der Waals surface area contributed by atoms with Crippen molar-refractivity contribution in [3.8, 4) is 47.4 Å². The molecule has 0 aromatic rings. The monoisotopic (exact) mass is 859 g/mol. The first-order chi connectivity index (χ1) is 29.0. The molecular formula is C50H85NO8P+. The molecular weight excluding hydrogens is 774 g/mol. The summed E-state index contributed by atoms with van der Waals surface area (Å²) in [7, 11) is 1.42. The van der Waals surface area contributed by atoms with Crippen LogP contribution in [0.2, 0.25) is 0 Å². The molecule has 342 valence electrons. The summed E-state index contributed by atoms with van der Waals surface area (Å²) in [4.78, 5) is 35.4. The number of hydrogen-bond donors (Lipinski definition) is 1. The van der Waals surface area contributed by atoms with Gasteiger partial charge in [0.25, 0.3) is 0 Å². The third-order valence-corrected chi connectivity index (χ3v) is 10.8. The van der Waals surface area contributed by atoms with E-state index in [1.54, 1.807) is 0 Å². The highest BCUT2D eigenvalue weighted by Gasteiger charge is 2.27. The summed E-state index contributed by atoms with van der Waals surface area (Å²) in [6, 6.07) is 0. The molecule has 0 saturated carbocycles. The fourth-order valence-electron chi connectivity index (χ4n) is 6.06. The zero-order valence-electron chi connectivity index (χ0n) is 38.8. The van der Waals surface area contributed by atoms with Gasteiger partial charge in [-0.3, -0.25) is 18.6 Å². The number of quaternary nitrogens is 1. The fraction of sp³-hybridized carbons (Fsp3) is 0.800. The zero-order chi connectivity index (χ0) is 44.3. The van der Waals surface area contributed by atoms with Gasteiger partial charge in [-0.05, 0) is 62.2 Å². The Balaban J connectivity index is 4.40. The summed E-state index contributed by atoms with van der Waals surface area (Å²) >= 11 is 0. The first-order valence-corrected chi connectivity index (χ1v) is 25.2. The van der Waals surface area contributed by atoms with Crippen molar-refractivity contribution in [2.75, 3.05) is 47.5 Å². The topological polar surface area (TPSA) is 108 Å². The van der Waals surface area contributed by atoms with E-state index in [9.17, 15) is 19.0 Å². The van der Waals surface area contributed by atoms with E-state index in [1.165, 1.54) is 70.6 Å². The summed E-state index contributed by atoms with van der Waals surface area (Å²) < 4.78 is 34.3. The Morgan fingerprint density at radius 1 is 0.517 bits per heavy atom. The number of phosphoric acid groups is 1. The Morgan fingerprint density at radius 2 is 0.883 bits per heavy atom. The summed E-state index contributed by atoms with van der Waals surface area (Å²) in [5.41, 5.74) is 0. The van der Waals surface area contributed by atoms with Crippen LogP contribution in [0.25, 0.3) is 0 Å². The first kappa shape index (κ1) is 57.2. The Kier molecular flexibility index (Phi) is 39.7. The second-order valence-corrected chi connectivity index (χ2v) is 18.3. The number of ether oxygens (including phenoxy) is 2.